The second kappa shape index (κ2) is 6.87. The number of hydrogen-bond acceptors (Lipinski definition) is 4. The Bertz CT molecular complexity index is 834. The van der Waals surface area contributed by atoms with Gasteiger partial charge in [0.05, 0.1) is 22.7 Å². The number of benzene rings is 1. The topological polar surface area (TPSA) is 59.8 Å². The molecule has 5 nitrogen and oxygen atoms in total. The summed E-state index contributed by atoms with van der Waals surface area (Å²) < 4.78 is 10.7. The Kier molecular flexibility index (Phi) is 4.83. The van der Waals surface area contributed by atoms with Gasteiger partial charge in [0.2, 0.25) is 0 Å². The highest BCUT2D eigenvalue weighted by atomic mass is 35.5. The molecular weight excluding hydrogens is 353 g/mol. The molecule has 0 saturated carbocycles. The summed E-state index contributed by atoms with van der Waals surface area (Å²) in [6.07, 6.45) is 0.518. The minimum Gasteiger partial charge on any atom is -0.488 e. The van der Waals surface area contributed by atoms with Crippen molar-refractivity contribution in [1.82, 2.24) is 4.90 Å². The lowest BCUT2D eigenvalue weighted by molar-refractivity contribution is 0.0772. The summed E-state index contributed by atoms with van der Waals surface area (Å²) in [7, 11) is 0. The molecule has 24 heavy (non-hydrogen) atoms. The average molecular weight is 368 g/mol. The maximum atomic E-state index is 12.5. The second-order valence-electron chi connectivity index (χ2n) is 5.63. The van der Waals surface area contributed by atoms with E-state index in [1.807, 2.05) is 0 Å². The molecule has 0 spiro atoms. The molecule has 7 heteroatoms. The zero-order valence-electron chi connectivity index (χ0n) is 12.9. The van der Waals surface area contributed by atoms with Gasteiger partial charge in [-0.25, -0.2) is 4.79 Å². The van der Waals surface area contributed by atoms with Gasteiger partial charge in [-0.05, 0) is 25.1 Å². The molecule has 1 atom stereocenters. The van der Waals surface area contributed by atoms with E-state index in [1.165, 1.54) is 6.07 Å². The molecule has 126 valence electrons. The molecule has 0 N–H and O–H groups in total. The van der Waals surface area contributed by atoms with E-state index in [2.05, 4.69) is 0 Å². The molecular formula is C17H15Cl2NO4. The van der Waals surface area contributed by atoms with Gasteiger partial charge in [-0.3, -0.25) is 4.79 Å². The Labute approximate surface area is 148 Å². The smallest absolute Gasteiger partial charge is 0.339 e. The van der Waals surface area contributed by atoms with Crippen LogP contribution in [0.25, 0.3) is 0 Å². The van der Waals surface area contributed by atoms with Gasteiger partial charge in [0.1, 0.15) is 17.6 Å². The number of carbonyl (C=O) groups excluding carboxylic acids is 1. The number of carbonyl (C=O) groups is 1. The van der Waals surface area contributed by atoms with Gasteiger partial charge in [0, 0.05) is 24.6 Å². The van der Waals surface area contributed by atoms with E-state index in [1.54, 1.807) is 36.1 Å². The second-order valence-corrected chi connectivity index (χ2v) is 6.45. The summed E-state index contributed by atoms with van der Waals surface area (Å²) in [6.45, 7) is 2.70. The number of ether oxygens (including phenoxy) is 1. The number of rotatable bonds is 3. The molecule has 1 aliphatic rings. The first-order valence-corrected chi connectivity index (χ1v) is 8.21. The number of nitrogens with zero attached hydrogens (tertiary/aromatic N) is 1. The Morgan fingerprint density at radius 3 is 2.75 bits per heavy atom. The van der Waals surface area contributed by atoms with Crippen LogP contribution in [0.3, 0.4) is 0 Å². The highest BCUT2D eigenvalue weighted by Crippen LogP contribution is 2.25. The van der Waals surface area contributed by atoms with Crippen LogP contribution in [-0.4, -0.2) is 30.0 Å². The Morgan fingerprint density at radius 1 is 1.25 bits per heavy atom. The SMILES string of the molecule is Cc1cc(OC2CCN(C(=O)c3ccc(Cl)c(Cl)c3)C2)cc(=O)o1. The van der Waals surface area contributed by atoms with E-state index >= 15 is 0 Å². The molecule has 1 fully saturated rings. The van der Waals surface area contributed by atoms with Crippen molar-refractivity contribution in [1.29, 1.82) is 0 Å². The van der Waals surface area contributed by atoms with E-state index in [0.29, 0.717) is 46.6 Å². The highest BCUT2D eigenvalue weighted by Gasteiger charge is 2.28. The molecule has 0 bridgehead atoms. The van der Waals surface area contributed by atoms with Crippen LogP contribution >= 0.6 is 23.2 Å². The quantitative estimate of drug-likeness (QED) is 0.832. The Morgan fingerprint density at radius 2 is 2.04 bits per heavy atom. The molecule has 1 saturated heterocycles. The van der Waals surface area contributed by atoms with Crippen LogP contribution in [0.1, 0.15) is 22.5 Å². The van der Waals surface area contributed by atoms with Gasteiger partial charge in [-0.2, -0.15) is 0 Å². The minimum atomic E-state index is -0.452. The van der Waals surface area contributed by atoms with Crippen molar-refractivity contribution in [2.24, 2.45) is 0 Å². The fourth-order valence-corrected chi connectivity index (χ4v) is 2.95. The molecule has 1 aliphatic heterocycles. The first kappa shape index (κ1) is 16.9. The number of halogens is 2. The maximum absolute atomic E-state index is 12.5. The lowest BCUT2D eigenvalue weighted by atomic mass is 10.2. The number of amides is 1. The third-order valence-electron chi connectivity index (χ3n) is 3.77. The van der Waals surface area contributed by atoms with Gasteiger partial charge in [-0.15, -0.1) is 0 Å². The van der Waals surface area contributed by atoms with Crippen molar-refractivity contribution in [2.75, 3.05) is 13.1 Å². The summed E-state index contributed by atoms with van der Waals surface area (Å²) in [4.78, 5) is 25.6. The van der Waals surface area contributed by atoms with E-state index < -0.39 is 5.63 Å². The first-order valence-electron chi connectivity index (χ1n) is 7.45. The predicted octanol–water partition coefficient (Wildman–Crippen LogP) is 3.55. The lowest BCUT2D eigenvalue weighted by Crippen LogP contribution is -2.31. The van der Waals surface area contributed by atoms with Crippen molar-refractivity contribution < 1.29 is 13.9 Å². The Balaban J connectivity index is 1.67. The summed E-state index contributed by atoms with van der Waals surface area (Å²) in [6, 6.07) is 7.77. The molecule has 0 radical (unpaired) electrons. The third kappa shape index (κ3) is 3.74. The molecule has 1 amide bonds. The molecule has 1 unspecified atom stereocenters. The summed E-state index contributed by atoms with van der Waals surface area (Å²) >= 11 is 11.8. The van der Waals surface area contributed by atoms with Gasteiger partial charge < -0.3 is 14.1 Å². The monoisotopic (exact) mass is 367 g/mol. The first-order chi connectivity index (χ1) is 11.4. The standard InChI is InChI=1S/C17H15Cl2NO4/c1-10-6-13(8-16(21)23-10)24-12-4-5-20(9-12)17(22)11-2-3-14(18)15(19)7-11/h2-3,6-8,12H,4-5,9H2,1H3. The zero-order chi connectivity index (χ0) is 17.3. The van der Waals surface area contributed by atoms with Crippen LogP contribution in [0, 0.1) is 6.92 Å². The average Bonchev–Trinajstić information content (AvgIpc) is 2.96. The molecule has 0 aliphatic carbocycles. The Hall–Kier alpha value is -1.98. The van der Waals surface area contributed by atoms with E-state index in [-0.39, 0.29) is 12.0 Å². The van der Waals surface area contributed by atoms with Crippen LogP contribution in [0.5, 0.6) is 5.75 Å². The van der Waals surface area contributed by atoms with Crippen LogP contribution in [0.15, 0.2) is 39.5 Å². The molecule has 1 aromatic carbocycles. The van der Waals surface area contributed by atoms with Crippen LogP contribution < -0.4 is 10.4 Å². The number of likely N-dealkylation sites (tertiary alicyclic amines) is 1. The van der Waals surface area contributed by atoms with Crippen LogP contribution in [0.2, 0.25) is 10.0 Å². The van der Waals surface area contributed by atoms with E-state index in [0.717, 1.165) is 0 Å². The van der Waals surface area contributed by atoms with Gasteiger partial charge in [-0.1, -0.05) is 23.2 Å². The fourth-order valence-electron chi connectivity index (χ4n) is 2.66. The summed E-state index contributed by atoms with van der Waals surface area (Å²) in [5.41, 5.74) is 0.0352. The van der Waals surface area contributed by atoms with Gasteiger partial charge in [0.25, 0.3) is 5.91 Å². The largest absolute Gasteiger partial charge is 0.488 e. The van der Waals surface area contributed by atoms with Crippen LogP contribution in [-0.2, 0) is 0 Å². The van der Waals surface area contributed by atoms with E-state index in [9.17, 15) is 9.59 Å². The highest BCUT2D eigenvalue weighted by molar-refractivity contribution is 6.42. The minimum absolute atomic E-state index is 0.122. The van der Waals surface area contributed by atoms with Crippen molar-refractivity contribution in [2.45, 2.75) is 19.4 Å². The van der Waals surface area contributed by atoms with Crippen molar-refractivity contribution in [3.63, 3.8) is 0 Å². The molecule has 2 heterocycles. The maximum Gasteiger partial charge on any atom is 0.339 e. The summed E-state index contributed by atoms with van der Waals surface area (Å²) in [5, 5.41) is 0.759. The number of hydrogen-bond donors (Lipinski definition) is 0. The number of aryl methyl sites for hydroxylation is 1. The summed E-state index contributed by atoms with van der Waals surface area (Å²) in [5.74, 6) is 0.820. The molecule has 1 aromatic heterocycles. The third-order valence-corrected chi connectivity index (χ3v) is 4.51. The lowest BCUT2D eigenvalue weighted by Gasteiger charge is -2.17. The van der Waals surface area contributed by atoms with Crippen molar-refractivity contribution in [3.05, 3.63) is 62.1 Å². The molecule has 3 rings (SSSR count). The molecule has 2 aromatic rings. The normalized spacial score (nSPS) is 17.1. The fraction of sp³-hybridized carbons (Fsp3) is 0.294. The van der Waals surface area contributed by atoms with Crippen molar-refractivity contribution >= 4 is 29.1 Å². The zero-order valence-corrected chi connectivity index (χ0v) is 14.4. The van der Waals surface area contributed by atoms with Crippen LogP contribution in [0.4, 0.5) is 0 Å². The van der Waals surface area contributed by atoms with Gasteiger partial charge >= 0.3 is 5.63 Å². The van der Waals surface area contributed by atoms with Gasteiger partial charge in [0.15, 0.2) is 0 Å². The van der Waals surface area contributed by atoms with E-state index in [4.69, 9.17) is 32.4 Å². The predicted molar refractivity (Wildman–Crippen MR) is 91.1 cm³/mol. The van der Waals surface area contributed by atoms with Crippen molar-refractivity contribution in [3.8, 4) is 5.75 Å².